The Morgan fingerprint density at radius 1 is 1.23 bits per heavy atom. The summed E-state index contributed by atoms with van der Waals surface area (Å²) in [5.74, 6) is 0.360. The van der Waals surface area contributed by atoms with Gasteiger partial charge in [-0.1, -0.05) is 23.7 Å². The molecule has 1 aromatic carbocycles. The predicted molar refractivity (Wildman–Crippen MR) is 105 cm³/mol. The van der Waals surface area contributed by atoms with Crippen molar-refractivity contribution in [2.75, 3.05) is 33.7 Å². The van der Waals surface area contributed by atoms with Gasteiger partial charge in [0, 0.05) is 43.7 Å². The number of likely N-dealkylation sites (N-methyl/N-ethyl adjacent to an activating group) is 1. The van der Waals surface area contributed by atoms with Crippen molar-refractivity contribution in [1.29, 1.82) is 0 Å². The summed E-state index contributed by atoms with van der Waals surface area (Å²) in [7, 11) is 3.79. The van der Waals surface area contributed by atoms with Crippen LogP contribution in [0.4, 0.5) is 0 Å². The van der Waals surface area contributed by atoms with Gasteiger partial charge in [0.15, 0.2) is 0 Å². The second kappa shape index (κ2) is 9.38. The molecule has 1 saturated heterocycles. The summed E-state index contributed by atoms with van der Waals surface area (Å²) in [5.41, 5.74) is 1.09. The normalized spacial score (nSPS) is 15.6. The van der Waals surface area contributed by atoms with Crippen LogP contribution >= 0.6 is 11.6 Å². The van der Waals surface area contributed by atoms with Crippen molar-refractivity contribution in [3.8, 4) is 0 Å². The van der Waals surface area contributed by atoms with E-state index in [0.717, 1.165) is 18.4 Å². The monoisotopic (exact) mass is 379 g/mol. The van der Waals surface area contributed by atoms with Crippen LogP contribution in [0.3, 0.4) is 0 Å². The Kier molecular flexibility index (Phi) is 7.47. The first-order valence-corrected chi connectivity index (χ1v) is 9.63. The van der Waals surface area contributed by atoms with Gasteiger partial charge in [0.1, 0.15) is 0 Å². The molecule has 6 heteroatoms. The van der Waals surface area contributed by atoms with Crippen molar-refractivity contribution in [3.05, 3.63) is 34.9 Å². The molecule has 0 aliphatic carbocycles. The number of nitrogens with zero attached hydrogens (tertiary/aromatic N) is 3. The highest BCUT2D eigenvalue weighted by molar-refractivity contribution is 6.30. The average Bonchev–Trinajstić information content (AvgIpc) is 2.60. The van der Waals surface area contributed by atoms with E-state index in [1.807, 2.05) is 62.0 Å². The van der Waals surface area contributed by atoms with E-state index in [9.17, 15) is 9.59 Å². The second-order valence-electron chi connectivity index (χ2n) is 7.50. The Bertz CT molecular complexity index is 627. The highest BCUT2D eigenvalue weighted by atomic mass is 35.5. The first-order valence-electron chi connectivity index (χ1n) is 9.25. The van der Waals surface area contributed by atoms with Crippen LogP contribution in [0.1, 0.15) is 32.3 Å². The van der Waals surface area contributed by atoms with Gasteiger partial charge in [0.2, 0.25) is 11.8 Å². The summed E-state index contributed by atoms with van der Waals surface area (Å²) in [5, 5.41) is 0.709. The van der Waals surface area contributed by atoms with Crippen molar-refractivity contribution in [1.82, 2.24) is 14.7 Å². The van der Waals surface area contributed by atoms with Crippen molar-refractivity contribution in [2.24, 2.45) is 5.92 Å². The first kappa shape index (κ1) is 20.7. The van der Waals surface area contributed by atoms with E-state index in [0.29, 0.717) is 31.2 Å². The zero-order valence-corrected chi connectivity index (χ0v) is 17.0. The molecule has 2 amide bonds. The maximum Gasteiger partial charge on any atom is 0.236 e. The van der Waals surface area contributed by atoms with Crippen molar-refractivity contribution < 1.29 is 9.59 Å². The second-order valence-corrected chi connectivity index (χ2v) is 7.94. The van der Waals surface area contributed by atoms with E-state index in [-0.39, 0.29) is 23.8 Å². The lowest BCUT2D eigenvalue weighted by atomic mass is 9.95. The fourth-order valence-corrected chi connectivity index (χ4v) is 3.46. The van der Waals surface area contributed by atoms with E-state index < -0.39 is 0 Å². The summed E-state index contributed by atoms with van der Waals surface area (Å²) in [6.07, 6.45) is 1.50. The molecule has 0 bridgehead atoms. The van der Waals surface area contributed by atoms with Crippen LogP contribution in [-0.2, 0) is 16.1 Å². The molecule has 1 aliphatic rings. The average molecular weight is 380 g/mol. The fourth-order valence-electron chi connectivity index (χ4n) is 3.25. The Morgan fingerprint density at radius 2 is 1.88 bits per heavy atom. The lowest BCUT2D eigenvalue weighted by Crippen LogP contribution is -2.47. The van der Waals surface area contributed by atoms with E-state index >= 15 is 0 Å². The minimum Gasteiger partial charge on any atom is -0.343 e. The topological polar surface area (TPSA) is 43.9 Å². The van der Waals surface area contributed by atoms with Gasteiger partial charge in [-0.15, -0.1) is 0 Å². The number of amides is 2. The van der Waals surface area contributed by atoms with Crippen molar-refractivity contribution in [3.63, 3.8) is 0 Å². The number of hydrogen-bond acceptors (Lipinski definition) is 3. The van der Waals surface area contributed by atoms with Gasteiger partial charge in [-0.3, -0.25) is 14.5 Å². The SMILES string of the molecule is CC(C)N(C)C(=O)C1CCN(C(=O)CN(C)Cc2cccc(Cl)c2)CC1. The molecule has 2 rings (SSSR count). The Labute approximate surface area is 161 Å². The lowest BCUT2D eigenvalue weighted by molar-refractivity contribution is -0.141. The van der Waals surface area contributed by atoms with Crippen LogP contribution in [0, 0.1) is 5.92 Å². The summed E-state index contributed by atoms with van der Waals surface area (Å²) in [4.78, 5) is 30.7. The lowest BCUT2D eigenvalue weighted by Gasteiger charge is -2.35. The maximum absolute atomic E-state index is 12.5. The highest BCUT2D eigenvalue weighted by Gasteiger charge is 2.29. The van der Waals surface area contributed by atoms with Gasteiger partial charge in [-0.25, -0.2) is 0 Å². The minimum absolute atomic E-state index is 0.0376. The van der Waals surface area contributed by atoms with Crippen molar-refractivity contribution >= 4 is 23.4 Å². The molecule has 1 aromatic rings. The van der Waals surface area contributed by atoms with Crippen LogP contribution < -0.4 is 0 Å². The molecule has 0 spiro atoms. The van der Waals surface area contributed by atoms with Gasteiger partial charge in [0.25, 0.3) is 0 Å². The third-order valence-corrected chi connectivity index (χ3v) is 5.30. The fraction of sp³-hybridized carbons (Fsp3) is 0.600. The number of benzene rings is 1. The molecule has 1 aliphatic heterocycles. The molecule has 0 N–H and O–H groups in total. The molecular weight excluding hydrogens is 350 g/mol. The minimum atomic E-state index is 0.0376. The molecule has 26 heavy (non-hydrogen) atoms. The number of piperidine rings is 1. The molecule has 5 nitrogen and oxygen atoms in total. The third kappa shape index (κ3) is 5.71. The molecule has 1 fully saturated rings. The molecular formula is C20H30ClN3O2. The largest absolute Gasteiger partial charge is 0.343 e. The van der Waals surface area contributed by atoms with Crippen LogP contribution in [0.2, 0.25) is 5.02 Å². The number of likely N-dealkylation sites (tertiary alicyclic amines) is 1. The van der Waals surface area contributed by atoms with E-state index in [1.54, 1.807) is 4.90 Å². The smallest absolute Gasteiger partial charge is 0.236 e. The van der Waals surface area contributed by atoms with E-state index in [4.69, 9.17) is 11.6 Å². The molecule has 0 atom stereocenters. The molecule has 0 radical (unpaired) electrons. The van der Waals surface area contributed by atoms with Gasteiger partial charge in [-0.05, 0) is 51.4 Å². The Morgan fingerprint density at radius 3 is 2.46 bits per heavy atom. The van der Waals surface area contributed by atoms with Gasteiger partial charge < -0.3 is 9.80 Å². The summed E-state index contributed by atoms with van der Waals surface area (Å²) < 4.78 is 0. The van der Waals surface area contributed by atoms with Crippen molar-refractivity contribution in [2.45, 2.75) is 39.3 Å². The molecule has 0 unspecified atom stereocenters. The maximum atomic E-state index is 12.5. The number of carbonyl (C=O) groups is 2. The van der Waals surface area contributed by atoms with Crippen LogP contribution in [-0.4, -0.2) is 66.3 Å². The Balaban J connectivity index is 1.80. The van der Waals surface area contributed by atoms with E-state index in [2.05, 4.69) is 0 Å². The number of halogens is 1. The molecule has 0 aromatic heterocycles. The van der Waals surface area contributed by atoms with Gasteiger partial charge in [-0.2, -0.15) is 0 Å². The molecule has 1 heterocycles. The van der Waals surface area contributed by atoms with Crippen LogP contribution in [0.15, 0.2) is 24.3 Å². The third-order valence-electron chi connectivity index (χ3n) is 5.07. The molecule has 0 saturated carbocycles. The zero-order valence-electron chi connectivity index (χ0n) is 16.2. The van der Waals surface area contributed by atoms with Crippen LogP contribution in [0.25, 0.3) is 0 Å². The number of carbonyl (C=O) groups excluding carboxylic acids is 2. The standard InChI is InChI=1S/C20H30ClN3O2/c1-15(2)23(4)20(26)17-8-10-24(11-9-17)19(25)14-22(3)13-16-6-5-7-18(21)12-16/h5-7,12,15,17H,8-11,13-14H2,1-4H3. The van der Waals surface area contributed by atoms with E-state index in [1.165, 1.54) is 0 Å². The highest BCUT2D eigenvalue weighted by Crippen LogP contribution is 2.20. The quantitative estimate of drug-likeness (QED) is 0.763. The summed E-state index contributed by atoms with van der Waals surface area (Å²) in [6, 6.07) is 7.91. The predicted octanol–water partition coefficient (Wildman–Crippen LogP) is 2.88. The zero-order chi connectivity index (χ0) is 19.3. The number of hydrogen-bond donors (Lipinski definition) is 0. The van der Waals surface area contributed by atoms with Gasteiger partial charge in [0.05, 0.1) is 6.54 Å². The first-order chi connectivity index (χ1) is 12.3. The summed E-state index contributed by atoms with van der Waals surface area (Å²) >= 11 is 6.01. The Hall–Kier alpha value is -1.59. The van der Waals surface area contributed by atoms with Crippen LogP contribution in [0.5, 0.6) is 0 Å². The van der Waals surface area contributed by atoms with Gasteiger partial charge >= 0.3 is 0 Å². The summed E-state index contributed by atoms with van der Waals surface area (Å²) in [6.45, 7) is 6.41. The molecule has 144 valence electrons. The number of rotatable bonds is 6.